The van der Waals surface area contributed by atoms with E-state index in [-0.39, 0.29) is 0 Å². The Bertz CT molecular complexity index is 265. The number of hydrogen-bond acceptors (Lipinski definition) is 2. The highest BCUT2D eigenvalue weighted by Crippen LogP contribution is 2.25. The van der Waals surface area contributed by atoms with E-state index in [2.05, 4.69) is 12.3 Å². The summed E-state index contributed by atoms with van der Waals surface area (Å²) in [6, 6.07) is 7.92. The zero-order valence-corrected chi connectivity index (χ0v) is 9.24. The molecule has 1 aromatic carbocycles. The average molecular weight is 216 g/mol. The lowest BCUT2D eigenvalue weighted by atomic mass is 10.0. The second-order valence-electron chi connectivity index (χ2n) is 2.91. The molecule has 0 aliphatic heterocycles. The summed E-state index contributed by atoms with van der Waals surface area (Å²) in [5.74, 6) is 1.41. The van der Waals surface area contributed by atoms with Crippen LogP contribution in [0, 0.1) is 0 Å². The number of benzene rings is 1. The molecule has 13 heavy (non-hydrogen) atoms. The second kappa shape index (κ2) is 5.53. The first-order chi connectivity index (χ1) is 6.29. The summed E-state index contributed by atoms with van der Waals surface area (Å²) in [5, 5.41) is 0.826. The molecule has 0 aliphatic rings. The Morgan fingerprint density at radius 2 is 2.15 bits per heavy atom. The van der Waals surface area contributed by atoms with E-state index in [1.165, 1.54) is 5.56 Å². The van der Waals surface area contributed by atoms with Gasteiger partial charge < -0.3 is 5.73 Å². The van der Waals surface area contributed by atoms with Crippen molar-refractivity contribution in [1.29, 1.82) is 0 Å². The van der Waals surface area contributed by atoms with Gasteiger partial charge in [0.05, 0.1) is 0 Å². The Hall–Kier alpha value is -0.180. The van der Waals surface area contributed by atoms with Crippen LogP contribution in [0.2, 0.25) is 5.02 Å². The summed E-state index contributed by atoms with van der Waals surface area (Å²) >= 11 is 7.87. The highest BCUT2D eigenvalue weighted by atomic mass is 35.5. The smallest absolute Gasteiger partial charge is 0.0441 e. The number of halogens is 1. The molecule has 1 atom stereocenters. The zero-order chi connectivity index (χ0) is 9.68. The molecule has 1 rings (SSSR count). The predicted octanol–water partition coefficient (Wildman–Crippen LogP) is 2.75. The molecular weight excluding hydrogens is 202 g/mol. The van der Waals surface area contributed by atoms with Crippen LogP contribution in [0.3, 0.4) is 0 Å². The van der Waals surface area contributed by atoms with Crippen LogP contribution in [0.5, 0.6) is 0 Å². The van der Waals surface area contributed by atoms with Gasteiger partial charge in [0.25, 0.3) is 0 Å². The van der Waals surface area contributed by atoms with Crippen LogP contribution < -0.4 is 5.73 Å². The van der Waals surface area contributed by atoms with Gasteiger partial charge >= 0.3 is 0 Å². The Morgan fingerprint density at radius 1 is 1.46 bits per heavy atom. The molecule has 1 aromatic rings. The molecule has 0 amide bonds. The Kier molecular flexibility index (Phi) is 4.64. The lowest BCUT2D eigenvalue weighted by molar-refractivity contribution is 0.786. The van der Waals surface area contributed by atoms with Gasteiger partial charge in [0, 0.05) is 23.2 Å². The Labute approximate surface area is 88.7 Å². The third-order valence-electron chi connectivity index (χ3n) is 2.00. The van der Waals surface area contributed by atoms with Gasteiger partial charge in [-0.1, -0.05) is 29.8 Å². The minimum Gasteiger partial charge on any atom is -0.330 e. The maximum atomic E-state index is 6.07. The van der Waals surface area contributed by atoms with Crippen molar-refractivity contribution in [2.75, 3.05) is 18.6 Å². The molecule has 0 spiro atoms. The summed E-state index contributed by atoms with van der Waals surface area (Å²) < 4.78 is 0. The average Bonchev–Trinajstić information content (AvgIpc) is 2.16. The molecule has 0 heterocycles. The summed E-state index contributed by atoms with van der Waals surface area (Å²) in [4.78, 5) is 0. The standard InChI is InChI=1S/C10H14ClNS/c1-13-7-8(6-12)9-4-2-3-5-10(9)11/h2-5,8H,6-7,12H2,1H3. The van der Waals surface area contributed by atoms with Crippen LogP contribution in [0.4, 0.5) is 0 Å². The van der Waals surface area contributed by atoms with Crippen molar-refractivity contribution < 1.29 is 0 Å². The normalized spacial score (nSPS) is 12.8. The Morgan fingerprint density at radius 3 is 2.69 bits per heavy atom. The van der Waals surface area contributed by atoms with E-state index in [1.54, 1.807) is 11.8 Å². The molecule has 1 unspecified atom stereocenters. The van der Waals surface area contributed by atoms with E-state index < -0.39 is 0 Å². The van der Waals surface area contributed by atoms with Crippen molar-refractivity contribution >= 4 is 23.4 Å². The molecule has 0 fully saturated rings. The molecule has 72 valence electrons. The van der Waals surface area contributed by atoms with Crippen LogP contribution in [-0.2, 0) is 0 Å². The number of hydrogen-bond donors (Lipinski definition) is 1. The SMILES string of the molecule is CSCC(CN)c1ccccc1Cl. The van der Waals surface area contributed by atoms with Gasteiger partial charge in [-0.15, -0.1) is 0 Å². The molecule has 1 nitrogen and oxygen atoms in total. The quantitative estimate of drug-likeness (QED) is 0.836. The van der Waals surface area contributed by atoms with Gasteiger partial charge in [-0.25, -0.2) is 0 Å². The minimum absolute atomic E-state index is 0.378. The fourth-order valence-corrected chi connectivity index (χ4v) is 2.30. The van der Waals surface area contributed by atoms with Crippen LogP contribution in [0.1, 0.15) is 11.5 Å². The maximum Gasteiger partial charge on any atom is 0.0441 e. The monoisotopic (exact) mass is 215 g/mol. The van der Waals surface area contributed by atoms with Gasteiger partial charge in [-0.3, -0.25) is 0 Å². The van der Waals surface area contributed by atoms with E-state index in [1.807, 2.05) is 18.2 Å². The maximum absolute atomic E-state index is 6.07. The zero-order valence-electron chi connectivity index (χ0n) is 7.66. The largest absolute Gasteiger partial charge is 0.330 e. The van der Waals surface area contributed by atoms with Gasteiger partial charge in [-0.05, 0) is 17.9 Å². The highest BCUT2D eigenvalue weighted by Gasteiger charge is 2.11. The van der Waals surface area contributed by atoms with Gasteiger partial charge in [0.15, 0.2) is 0 Å². The molecule has 0 bridgehead atoms. The van der Waals surface area contributed by atoms with Crippen LogP contribution >= 0.6 is 23.4 Å². The van der Waals surface area contributed by atoms with Crippen molar-refractivity contribution in [1.82, 2.24) is 0 Å². The second-order valence-corrected chi connectivity index (χ2v) is 4.23. The summed E-state index contributed by atoms with van der Waals surface area (Å²) in [6.45, 7) is 0.657. The molecule has 0 aliphatic carbocycles. The number of rotatable bonds is 4. The fraction of sp³-hybridized carbons (Fsp3) is 0.400. The van der Waals surface area contributed by atoms with Crippen molar-refractivity contribution in [3.05, 3.63) is 34.9 Å². The van der Waals surface area contributed by atoms with Crippen LogP contribution in [-0.4, -0.2) is 18.6 Å². The van der Waals surface area contributed by atoms with Crippen molar-refractivity contribution in [3.8, 4) is 0 Å². The molecule has 3 heteroatoms. The minimum atomic E-state index is 0.378. The predicted molar refractivity (Wildman–Crippen MR) is 61.6 cm³/mol. The topological polar surface area (TPSA) is 26.0 Å². The molecule has 0 saturated heterocycles. The first-order valence-corrected chi connectivity index (χ1v) is 6.00. The van der Waals surface area contributed by atoms with Gasteiger partial charge in [0.1, 0.15) is 0 Å². The fourth-order valence-electron chi connectivity index (χ4n) is 1.29. The first kappa shape index (κ1) is 10.9. The van der Waals surface area contributed by atoms with Gasteiger partial charge in [0.2, 0.25) is 0 Å². The van der Waals surface area contributed by atoms with Crippen LogP contribution in [0.25, 0.3) is 0 Å². The van der Waals surface area contributed by atoms with E-state index in [0.29, 0.717) is 12.5 Å². The summed E-state index contributed by atoms with van der Waals surface area (Å²) in [6.07, 6.45) is 2.08. The molecular formula is C10H14ClNS. The number of thioether (sulfide) groups is 1. The first-order valence-electron chi connectivity index (χ1n) is 4.23. The van der Waals surface area contributed by atoms with Crippen molar-refractivity contribution in [2.24, 2.45) is 5.73 Å². The molecule has 0 saturated carbocycles. The Balaban J connectivity index is 2.84. The van der Waals surface area contributed by atoms with E-state index in [4.69, 9.17) is 17.3 Å². The van der Waals surface area contributed by atoms with Crippen molar-refractivity contribution in [3.63, 3.8) is 0 Å². The molecule has 2 N–H and O–H groups in total. The third-order valence-corrected chi connectivity index (χ3v) is 3.08. The van der Waals surface area contributed by atoms with Crippen molar-refractivity contribution in [2.45, 2.75) is 5.92 Å². The summed E-state index contributed by atoms with van der Waals surface area (Å²) in [7, 11) is 0. The van der Waals surface area contributed by atoms with Gasteiger partial charge in [-0.2, -0.15) is 11.8 Å². The molecule has 0 aromatic heterocycles. The molecule has 0 radical (unpaired) electrons. The van der Waals surface area contributed by atoms with Crippen LogP contribution in [0.15, 0.2) is 24.3 Å². The van der Waals surface area contributed by atoms with E-state index in [0.717, 1.165) is 10.8 Å². The van der Waals surface area contributed by atoms with E-state index >= 15 is 0 Å². The summed E-state index contributed by atoms with van der Waals surface area (Å²) in [5.41, 5.74) is 6.86. The number of nitrogens with two attached hydrogens (primary N) is 1. The lowest BCUT2D eigenvalue weighted by Gasteiger charge is -2.14. The van der Waals surface area contributed by atoms with E-state index in [9.17, 15) is 0 Å². The lowest BCUT2D eigenvalue weighted by Crippen LogP contribution is -2.15. The highest BCUT2D eigenvalue weighted by molar-refractivity contribution is 7.98. The third kappa shape index (κ3) is 2.90.